The lowest BCUT2D eigenvalue weighted by Crippen LogP contribution is -2.14. The van der Waals surface area contributed by atoms with E-state index in [2.05, 4.69) is 0 Å². The van der Waals surface area contributed by atoms with E-state index in [4.69, 9.17) is 9.47 Å². The SMILES string of the molecule is CCC(CC)OC(=O)/C=C/CCCC/C=C/C(=O)OC(CC)CC. The summed E-state index contributed by atoms with van der Waals surface area (Å²) in [6.07, 6.45) is 13.8. The summed E-state index contributed by atoms with van der Waals surface area (Å²) in [6, 6.07) is 0. The molecule has 0 fully saturated rings. The fraction of sp³-hybridized carbons (Fsp3) is 0.700. The van der Waals surface area contributed by atoms with E-state index in [1.54, 1.807) is 0 Å². The maximum Gasteiger partial charge on any atom is 0.330 e. The second-order valence-corrected chi connectivity index (χ2v) is 5.84. The van der Waals surface area contributed by atoms with Crippen LogP contribution in [0.4, 0.5) is 0 Å². The second-order valence-electron chi connectivity index (χ2n) is 5.84. The molecule has 0 saturated heterocycles. The van der Waals surface area contributed by atoms with E-state index in [0.717, 1.165) is 51.4 Å². The number of hydrogen-bond donors (Lipinski definition) is 0. The monoisotopic (exact) mass is 338 g/mol. The predicted octanol–water partition coefficient (Wildman–Crippen LogP) is 5.12. The van der Waals surface area contributed by atoms with Gasteiger partial charge in [0.15, 0.2) is 0 Å². The molecule has 0 aromatic carbocycles. The van der Waals surface area contributed by atoms with Gasteiger partial charge in [-0.3, -0.25) is 0 Å². The average Bonchev–Trinajstić information content (AvgIpc) is 2.59. The van der Waals surface area contributed by atoms with Gasteiger partial charge in [0.1, 0.15) is 12.2 Å². The summed E-state index contributed by atoms with van der Waals surface area (Å²) in [7, 11) is 0. The highest BCUT2D eigenvalue weighted by atomic mass is 16.5. The van der Waals surface area contributed by atoms with Crippen LogP contribution in [-0.4, -0.2) is 24.1 Å². The summed E-state index contributed by atoms with van der Waals surface area (Å²) in [4.78, 5) is 23.1. The smallest absolute Gasteiger partial charge is 0.330 e. The first kappa shape index (κ1) is 22.4. The van der Waals surface area contributed by atoms with Crippen LogP contribution in [0.5, 0.6) is 0 Å². The molecule has 0 saturated carbocycles. The molecule has 4 nitrogen and oxygen atoms in total. The van der Waals surface area contributed by atoms with E-state index < -0.39 is 0 Å². The highest BCUT2D eigenvalue weighted by Crippen LogP contribution is 2.06. The molecule has 0 bridgehead atoms. The van der Waals surface area contributed by atoms with Crippen LogP contribution in [0.1, 0.15) is 79.1 Å². The van der Waals surface area contributed by atoms with E-state index >= 15 is 0 Å². The number of carbonyl (C=O) groups excluding carboxylic acids is 2. The molecule has 0 aliphatic heterocycles. The molecular formula is C20H34O4. The van der Waals surface area contributed by atoms with Crippen molar-refractivity contribution in [3.05, 3.63) is 24.3 Å². The molecule has 0 amide bonds. The number of rotatable bonds is 13. The van der Waals surface area contributed by atoms with Gasteiger partial charge in [-0.15, -0.1) is 0 Å². The quantitative estimate of drug-likeness (QED) is 0.266. The maximum absolute atomic E-state index is 11.5. The fourth-order valence-corrected chi connectivity index (χ4v) is 2.20. The van der Waals surface area contributed by atoms with Gasteiger partial charge in [-0.1, -0.05) is 39.8 Å². The van der Waals surface area contributed by atoms with Crippen molar-refractivity contribution in [1.29, 1.82) is 0 Å². The Hall–Kier alpha value is -1.58. The Kier molecular flexibility index (Phi) is 14.0. The van der Waals surface area contributed by atoms with Crippen LogP contribution in [0.2, 0.25) is 0 Å². The van der Waals surface area contributed by atoms with E-state index in [0.29, 0.717) is 0 Å². The number of unbranched alkanes of at least 4 members (excludes halogenated alkanes) is 3. The van der Waals surface area contributed by atoms with Gasteiger partial charge in [0.2, 0.25) is 0 Å². The van der Waals surface area contributed by atoms with Gasteiger partial charge in [0.25, 0.3) is 0 Å². The molecule has 138 valence electrons. The molecule has 0 radical (unpaired) electrons. The standard InChI is InChI=1S/C20H34O4/c1-5-17(6-2)23-19(21)15-13-11-9-10-12-14-16-20(22)24-18(7-3)8-4/h13-18H,5-12H2,1-4H3/b15-13+,16-14+. The highest BCUT2D eigenvalue weighted by Gasteiger charge is 2.07. The summed E-state index contributed by atoms with van der Waals surface area (Å²) in [5.41, 5.74) is 0. The molecular weight excluding hydrogens is 304 g/mol. The molecule has 0 N–H and O–H groups in total. The lowest BCUT2D eigenvalue weighted by Gasteiger charge is -2.11. The minimum absolute atomic E-state index is 0.0204. The first-order valence-electron chi connectivity index (χ1n) is 9.31. The molecule has 0 aliphatic rings. The lowest BCUT2D eigenvalue weighted by atomic mass is 10.2. The molecule has 0 unspecified atom stereocenters. The van der Waals surface area contributed by atoms with Crippen molar-refractivity contribution < 1.29 is 19.1 Å². The third kappa shape index (κ3) is 11.9. The van der Waals surface area contributed by atoms with Crippen molar-refractivity contribution in [3.8, 4) is 0 Å². The molecule has 0 aliphatic carbocycles. The van der Waals surface area contributed by atoms with Crippen LogP contribution in [0.15, 0.2) is 24.3 Å². The molecule has 0 spiro atoms. The zero-order valence-electron chi connectivity index (χ0n) is 15.8. The Balaban J connectivity index is 3.76. The minimum atomic E-state index is -0.257. The first-order chi connectivity index (χ1) is 11.6. The van der Waals surface area contributed by atoms with E-state index in [-0.39, 0.29) is 24.1 Å². The lowest BCUT2D eigenvalue weighted by molar-refractivity contribution is -0.144. The summed E-state index contributed by atoms with van der Waals surface area (Å²) in [6.45, 7) is 8.05. The largest absolute Gasteiger partial charge is 0.459 e. The van der Waals surface area contributed by atoms with Crippen molar-refractivity contribution >= 4 is 11.9 Å². The van der Waals surface area contributed by atoms with E-state index in [9.17, 15) is 9.59 Å². The number of allylic oxidation sites excluding steroid dienone is 2. The minimum Gasteiger partial charge on any atom is -0.459 e. The molecule has 0 aromatic rings. The zero-order valence-corrected chi connectivity index (χ0v) is 15.8. The number of ether oxygens (including phenoxy) is 2. The molecule has 4 heteroatoms. The second kappa shape index (κ2) is 15.0. The molecule has 0 aromatic heterocycles. The average molecular weight is 338 g/mol. The third-order valence-corrected chi connectivity index (χ3v) is 3.89. The van der Waals surface area contributed by atoms with E-state index in [1.807, 2.05) is 39.8 Å². The Morgan fingerprint density at radius 1 is 0.708 bits per heavy atom. The summed E-state index contributed by atoms with van der Waals surface area (Å²) >= 11 is 0. The molecule has 0 atom stereocenters. The van der Waals surface area contributed by atoms with Crippen LogP contribution in [0, 0.1) is 0 Å². The van der Waals surface area contributed by atoms with Gasteiger partial charge in [-0.2, -0.15) is 0 Å². The number of esters is 2. The van der Waals surface area contributed by atoms with Crippen LogP contribution in [0.25, 0.3) is 0 Å². The highest BCUT2D eigenvalue weighted by molar-refractivity contribution is 5.82. The Morgan fingerprint density at radius 2 is 1.04 bits per heavy atom. The van der Waals surface area contributed by atoms with Gasteiger partial charge in [0.05, 0.1) is 0 Å². The Morgan fingerprint density at radius 3 is 1.33 bits per heavy atom. The van der Waals surface area contributed by atoms with Crippen molar-refractivity contribution in [2.45, 2.75) is 91.3 Å². The van der Waals surface area contributed by atoms with Gasteiger partial charge >= 0.3 is 11.9 Å². The molecule has 0 rings (SSSR count). The normalized spacial score (nSPS) is 11.8. The Labute approximate surface area is 147 Å². The van der Waals surface area contributed by atoms with Crippen LogP contribution >= 0.6 is 0 Å². The summed E-state index contributed by atoms with van der Waals surface area (Å²) in [5, 5.41) is 0. The zero-order chi connectivity index (χ0) is 18.2. The Bertz CT molecular complexity index is 352. The fourth-order valence-electron chi connectivity index (χ4n) is 2.20. The van der Waals surface area contributed by atoms with Crippen LogP contribution in [0.3, 0.4) is 0 Å². The molecule has 0 heterocycles. The van der Waals surface area contributed by atoms with Gasteiger partial charge < -0.3 is 9.47 Å². The van der Waals surface area contributed by atoms with Crippen molar-refractivity contribution in [3.63, 3.8) is 0 Å². The maximum atomic E-state index is 11.5. The summed E-state index contributed by atoms with van der Waals surface area (Å²) in [5.74, 6) is -0.513. The van der Waals surface area contributed by atoms with Crippen LogP contribution in [-0.2, 0) is 19.1 Å². The van der Waals surface area contributed by atoms with Crippen molar-refractivity contribution in [1.82, 2.24) is 0 Å². The summed E-state index contributed by atoms with van der Waals surface area (Å²) < 4.78 is 10.6. The van der Waals surface area contributed by atoms with Gasteiger partial charge in [0, 0.05) is 12.2 Å². The molecule has 24 heavy (non-hydrogen) atoms. The third-order valence-electron chi connectivity index (χ3n) is 3.89. The van der Waals surface area contributed by atoms with E-state index in [1.165, 1.54) is 12.2 Å². The number of hydrogen-bond acceptors (Lipinski definition) is 4. The number of carbonyl (C=O) groups is 2. The predicted molar refractivity (Wildman–Crippen MR) is 97.7 cm³/mol. The van der Waals surface area contributed by atoms with Gasteiger partial charge in [-0.25, -0.2) is 9.59 Å². The van der Waals surface area contributed by atoms with Gasteiger partial charge in [-0.05, 0) is 51.4 Å². The van der Waals surface area contributed by atoms with Crippen molar-refractivity contribution in [2.75, 3.05) is 0 Å². The van der Waals surface area contributed by atoms with Crippen LogP contribution < -0.4 is 0 Å². The first-order valence-corrected chi connectivity index (χ1v) is 9.31. The van der Waals surface area contributed by atoms with Crippen molar-refractivity contribution in [2.24, 2.45) is 0 Å². The topological polar surface area (TPSA) is 52.6 Å².